The summed E-state index contributed by atoms with van der Waals surface area (Å²) in [6.45, 7) is 6.04. The summed E-state index contributed by atoms with van der Waals surface area (Å²) < 4.78 is 0. The van der Waals surface area contributed by atoms with E-state index >= 15 is 0 Å². The van der Waals surface area contributed by atoms with Crippen LogP contribution in [0.2, 0.25) is 0 Å². The van der Waals surface area contributed by atoms with Crippen molar-refractivity contribution in [3.63, 3.8) is 0 Å². The highest BCUT2D eigenvalue weighted by Gasteiger charge is 2.15. The van der Waals surface area contributed by atoms with Crippen LogP contribution in [-0.2, 0) is 0 Å². The third kappa shape index (κ3) is 3.76. The monoisotopic (exact) mass is 156 g/mol. The largest absolute Gasteiger partial charge is 0.344 e. The van der Waals surface area contributed by atoms with Gasteiger partial charge >= 0.3 is 0 Å². The molecule has 0 aliphatic carbocycles. The fourth-order valence-electron chi connectivity index (χ4n) is 2.02. The van der Waals surface area contributed by atoms with Gasteiger partial charge in [0.15, 0.2) is 0 Å². The molecular weight excluding hydrogens is 134 g/mol. The van der Waals surface area contributed by atoms with Gasteiger partial charge in [0.1, 0.15) is 0 Å². The van der Waals surface area contributed by atoms with Crippen LogP contribution in [0.5, 0.6) is 0 Å². The van der Waals surface area contributed by atoms with Crippen LogP contribution in [0.4, 0.5) is 0 Å². The first-order valence-corrected chi connectivity index (χ1v) is 5.12. The molecule has 1 aliphatic rings. The Balaban J connectivity index is 2.20. The topological polar surface area (TPSA) is 16.6 Å². The molecule has 0 amide bonds. The van der Waals surface area contributed by atoms with Crippen molar-refractivity contribution in [2.75, 3.05) is 6.54 Å². The molecule has 1 fully saturated rings. The zero-order valence-electron chi connectivity index (χ0n) is 7.97. The minimum absolute atomic E-state index is 0.884. The van der Waals surface area contributed by atoms with Gasteiger partial charge in [-0.05, 0) is 31.6 Å². The fraction of sp³-hybridized carbons (Fsp3) is 1.00. The quantitative estimate of drug-likeness (QED) is 0.624. The summed E-state index contributed by atoms with van der Waals surface area (Å²) in [4.78, 5) is 0. The first-order valence-electron chi connectivity index (χ1n) is 5.12. The highest BCUT2D eigenvalue weighted by atomic mass is 14.9. The third-order valence-electron chi connectivity index (χ3n) is 2.55. The molecule has 11 heavy (non-hydrogen) atoms. The molecule has 0 aromatic rings. The molecule has 1 heterocycles. The first-order chi connectivity index (χ1) is 5.29. The van der Waals surface area contributed by atoms with Crippen LogP contribution in [-0.4, -0.2) is 12.6 Å². The highest BCUT2D eigenvalue weighted by Crippen LogP contribution is 2.10. The van der Waals surface area contributed by atoms with Crippen LogP contribution in [0.25, 0.3) is 0 Å². The van der Waals surface area contributed by atoms with Crippen molar-refractivity contribution in [3.05, 3.63) is 0 Å². The molecule has 0 unspecified atom stereocenters. The second kappa shape index (κ2) is 4.76. The van der Waals surface area contributed by atoms with Crippen LogP contribution in [0.1, 0.15) is 46.0 Å². The van der Waals surface area contributed by atoms with Gasteiger partial charge < -0.3 is 5.32 Å². The molecule has 0 spiro atoms. The van der Waals surface area contributed by atoms with Gasteiger partial charge in [-0.25, -0.2) is 0 Å². The van der Waals surface area contributed by atoms with Crippen molar-refractivity contribution in [2.24, 2.45) is 5.92 Å². The maximum Gasteiger partial charge on any atom is 0.0861 e. The molecule has 0 aromatic heterocycles. The van der Waals surface area contributed by atoms with Crippen LogP contribution in [0.3, 0.4) is 0 Å². The van der Waals surface area contributed by atoms with Crippen LogP contribution >= 0.6 is 0 Å². The zero-order chi connectivity index (χ0) is 8.10. The van der Waals surface area contributed by atoms with Gasteiger partial charge in [-0.2, -0.15) is 0 Å². The zero-order valence-corrected chi connectivity index (χ0v) is 7.97. The summed E-state index contributed by atoms with van der Waals surface area (Å²) in [5.74, 6) is 0.884. The molecule has 66 valence electrons. The van der Waals surface area contributed by atoms with Crippen molar-refractivity contribution in [3.8, 4) is 0 Å². The summed E-state index contributed by atoms with van der Waals surface area (Å²) in [6, 6.07) is 0.942. The lowest BCUT2D eigenvalue weighted by molar-refractivity contribution is -0.689. The summed E-state index contributed by atoms with van der Waals surface area (Å²) in [6.07, 6.45) is 7.24. The van der Waals surface area contributed by atoms with Crippen molar-refractivity contribution in [2.45, 2.75) is 52.0 Å². The number of hydrogen-bond donors (Lipinski definition) is 1. The van der Waals surface area contributed by atoms with Crippen molar-refractivity contribution >= 4 is 0 Å². The summed E-state index contributed by atoms with van der Waals surface area (Å²) in [7, 11) is 0. The van der Waals surface area contributed by atoms with Gasteiger partial charge in [0, 0.05) is 6.42 Å². The van der Waals surface area contributed by atoms with Crippen molar-refractivity contribution < 1.29 is 5.32 Å². The second-order valence-electron chi connectivity index (χ2n) is 4.26. The second-order valence-corrected chi connectivity index (χ2v) is 4.26. The van der Waals surface area contributed by atoms with E-state index in [4.69, 9.17) is 0 Å². The van der Waals surface area contributed by atoms with E-state index in [2.05, 4.69) is 19.2 Å². The van der Waals surface area contributed by atoms with E-state index in [9.17, 15) is 0 Å². The van der Waals surface area contributed by atoms with E-state index in [0.717, 1.165) is 12.0 Å². The van der Waals surface area contributed by atoms with E-state index < -0.39 is 0 Å². The maximum atomic E-state index is 2.56. The van der Waals surface area contributed by atoms with Gasteiger partial charge in [-0.15, -0.1) is 0 Å². The SMILES string of the molecule is CC(C)C[C@H]1CCCCC[NH2+]1. The first kappa shape index (κ1) is 9.05. The number of rotatable bonds is 2. The normalized spacial score (nSPS) is 27.0. The Morgan fingerprint density at radius 1 is 1.27 bits per heavy atom. The Morgan fingerprint density at radius 2 is 2.09 bits per heavy atom. The van der Waals surface area contributed by atoms with Gasteiger partial charge in [-0.3, -0.25) is 0 Å². The number of quaternary nitrogens is 1. The molecule has 0 saturated carbocycles. The number of hydrogen-bond acceptors (Lipinski definition) is 0. The lowest BCUT2D eigenvalue weighted by Gasteiger charge is -2.14. The Kier molecular flexibility index (Phi) is 3.92. The lowest BCUT2D eigenvalue weighted by atomic mass is 10.0. The average molecular weight is 156 g/mol. The van der Waals surface area contributed by atoms with Gasteiger partial charge in [-0.1, -0.05) is 13.8 Å². The minimum atomic E-state index is 0.884. The van der Waals surface area contributed by atoms with Crippen LogP contribution < -0.4 is 5.32 Å². The molecule has 1 atom stereocenters. The molecule has 0 radical (unpaired) electrons. The fourth-order valence-corrected chi connectivity index (χ4v) is 2.02. The molecule has 1 heteroatoms. The van der Waals surface area contributed by atoms with Crippen LogP contribution in [0.15, 0.2) is 0 Å². The Hall–Kier alpha value is -0.0400. The molecular formula is C10H22N+. The Labute approximate surface area is 70.6 Å². The summed E-state index contributed by atoms with van der Waals surface area (Å²) >= 11 is 0. The predicted octanol–water partition coefficient (Wildman–Crippen LogP) is 1.54. The van der Waals surface area contributed by atoms with Gasteiger partial charge in [0.2, 0.25) is 0 Å². The smallest absolute Gasteiger partial charge is 0.0861 e. The number of nitrogens with two attached hydrogens (primary N) is 1. The molecule has 1 nitrogen and oxygen atoms in total. The molecule has 1 rings (SSSR count). The lowest BCUT2D eigenvalue weighted by Crippen LogP contribution is -2.89. The standard InChI is InChI=1S/C10H21N/c1-9(2)8-10-6-4-3-5-7-11-10/h9-11H,3-8H2,1-2H3/p+1/t10-/m1/s1. The molecule has 1 aliphatic heterocycles. The molecule has 1 saturated heterocycles. The Bertz CT molecular complexity index is 91.0. The van der Waals surface area contributed by atoms with E-state index in [1.54, 1.807) is 0 Å². The molecule has 0 aromatic carbocycles. The van der Waals surface area contributed by atoms with E-state index in [1.165, 1.54) is 38.6 Å². The maximum absolute atomic E-state index is 2.56. The van der Waals surface area contributed by atoms with Crippen molar-refractivity contribution in [1.29, 1.82) is 0 Å². The van der Waals surface area contributed by atoms with E-state index in [0.29, 0.717) is 0 Å². The Morgan fingerprint density at radius 3 is 2.82 bits per heavy atom. The van der Waals surface area contributed by atoms with Crippen molar-refractivity contribution in [1.82, 2.24) is 0 Å². The van der Waals surface area contributed by atoms with E-state index in [-0.39, 0.29) is 0 Å². The van der Waals surface area contributed by atoms with Gasteiger partial charge in [0.05, 0.1) is 12.6 Å². The van der Waals surface area contributed by atoms with E-state index in [1.807, 2.05) is 0 Å². The predicted molar refractivity (Wildman–Crippen MR) is 48.5 cm³/mol. The third-order valence-corrected chi connectivity index (χ3v) is 2.55. The summed E-state index contributed by atoms with van der Waals surface area (Å²) in [5, 5.41) is 2.56. The average Bonchev–Trinajstić information content (AvgIpc) is 2.14. The van der Waals surface area contributed by atoms with Gasteiger partial charge in [0.25, 0.3) is 0 Å². The minimum Gasteiger partial charge on any atom is -0.344 e. The van der Waals surface area contributed by atoms with Crippen LogP contribution in [0, 0.1) is 5.92 Å². The summed E-state index contributed by atoms with van der Waals surface area (Å²) in [5.41, 5.74) is 0. The highest BCUT2D eigenvalue weighted by molar-refractivity contribution is 4.60. The molecule has 0 bridgehead atoms. The molecule has 2 N–H and O–H groups in total.